The van der Waals surface area contributed by atoms with Gasteiger partial charge < -0.3 is 14.8 Å². The molecule has 0 bridgehead atoms. The van der Waals surface area contributed by atoms with E-state index in [2.05, 4.69) is 6.92 Å². The molecule has 19 heavy (non-hydrogen) atoms. The van der Waals surface area contributed by atoms with Crippen molar-refractivity contribution in [2.45, 2.75) is 71.1 Å². The predicted molar refractivity (Wildman–Crippen MR) is 71.4 cm³/mol. The topological polar surface area (TPSA) is 106 Å². The van der Waals surface area contributed by atoms with Gasteiger partial charge >= 0.3 is 29.6 Å². The fraction of sp³-hybridized carbons (Fsp3) is 1.00. The molecule has 0 spiro atoms. The standard InChI is InChI=1S/C12H27N.Na.H2O4S/c1-2-3-4-5-6-7-8-9-10-11-12-13;;1-5(2,3)4/h2-13H2,1H3;;(H2,1,2,3,4)/q;+1;/p-2. The fourth-order valence-electron chi connectivity index (χ4n) is 1.63. The largest absolute Gasteiger partial charge is 1.00 e. The zero-order chi connectivity index (χ0) is 14.3. The summed E-state index contributed by atoms with van der Waals surface area (Å²) in [4.78, 5) is 0. The Labute approximate surface area is 140 Å². The van der Waals surface area contributed by atoms with Gasteiger partial charge in [-0.2, -0.15) is 0 Å². The van der Waals surface area contributed by atoms with Crippen LogP contribution in [0.2, 0.25) is 0 Å². The molecule has 0 rings (SSSR count). The molecular weight excluding hydrogens is 277 g/mol. The van der Waals surface area contributed by atoms with E-state index in [1.807, 2.05) is 0 Å². The van der Waals surface area contributed by atoms with Crippen molar-refractivity contribution in [2.24, 2.45) is 5.73 Å². The molecule has 0 aliphatic rings. The monoisotopic (exact) mass is 304 g/mol. The van der Waals surface area contributed by atoms with E-state index in [1.165, 1.54) is 64.2 Å². The maximum Gasteiger partial charge on any atom is 1.00 e. The van der Waals surface area contributed by atoms with Crippen molar-refractivity contribution in [1.29, 1.82) is 0 Å². The first-order valence-electron chi connectivity index (χ1n) is 6.78. The molecule has 0 aliphatic heterocycles. The van der Waals surface area contributed by atoms with Gasteiger partial charge in [0.2, 0.25) is 0 Å². The van der Waals surface area contributed by atoms with Crippen molar-refractivity contribution in [3.63, 3.8) is 0 Å². The Balaban J connectivity index is -0.000000366. The molecule has 0 amide bonds. The van der Waals surface area contributed by atoms with Gasteiger partial charge in [-0.05, 0) is 13.0 Å². The van der Waals surface area contributed by atoms with Crippen molar-refractivity contribution in [1.82, 2.24) is 0 Å². The van der Waals surface area contributed by atoms with Crippen LogP contribution in [0.3, 0.4) is 0 Å². The SMILES string of the molecule is CCCCCCCCCCCCN.O=S(=O)([O-])[O-].[Na+]. The minimum Gasteiger partial charge on any atom is -0.759 e. The van der Waals surface area contributed by atoms with E-state index in [1.54, 1.807) is 0 Å². The number of rotatable bonds is 10. The molecule has 0 aromatic heterocycles. The maximum atomic E-state index is 8.52. The molecule has 2 N–H and O–H groups in total. The molecule has 0 aromatic rings. The van der Waals surface area contributed by atoms with Crippen LogP contribution in [-0.2, 0) is 10.4 Å². The van der Waals surface area contributed by atoms with E-state index in [0.717, 1.165) is 6.54 Å². The zero-order valence-corrected chi connectivity index (χ0v) is 15.2. The summed E-state index contributed by atoms with van der Waals surface area (Å²) in [5.74, 6) is 0. The van der Waals surface area contributed by atoms with Gasteiger partial charge in [-0.1, -0.05) is 64.7 Å². The summed E-state index contributed by atoms with van der Waals surface area (Å²) < 4.78 is 34.1. The molecule has 0 saturated carbocycles. The van der Waals surface area contributed by atoms with Gasteiger partial charge in [-0.25, -0.2) is 0 Å². The summed E-state index contributed by atoms with van der Waals surface area (Å²) in [7, 11) is -5.17. The number of hydrogen-bond donors (Lipinski definition) is 1. The van der Waals surface area contributed by atoms with Gasteiger partial charge in [-0.15, -0.1) is 0 Å². The van der Waals surface area contributed by atoms with E-state index in [9.17, 15) is 0 Å². The summed E-state index contributed by atoms with van der Waals surface area (Å²) >= 11 is 0. The van der Waals surface area contributed by atoms with Crippen LogP contribution >= 0.6 is 0 Å². The number of nitrogens with two attached hydrogens (primary N) is 1. The van der Waals surface area contributed by atoms with Gasteiger partial charge in [0, 0.05) is 10.4 Å². The van der Waals surface area contributed by atoms with Gasteiger partial charge in [-0.3, -0.25) is 8.42 Å². The molecular formula is C12H27NNaO4S-. The van der Waals surface area contributed by atoms with Gasteiger partial charge in [0.05, 0.1) is 0 Å². The fourth-order valence-corrected chi connectivity index (χ4v) is 1.63. The minimum absolute atomic E-state index is 0. The van der Waals surface area contributed by atoms with Crippen LogP contribution in [0.25, 0.3) is 0 Å². The van der Waals surface area contributed by atoms with Crippen molar-refractivity contribution in [3.05, 3.63) is 0 Å². The Bertz CT molecular complexity index is 230. The summed E-state index contributed by atoms with van der Waals surface area (Å²) in [5.41, 5.74) is 5.42. The average molecular weight is 304 g/mol. The predicted octanol–water partition coefficient (Wildman–Crippen LogP) is -0.468. The van der Waals surface area contributed by atoms with Crippen LogP contribution in [0.1, 0.15) is 71.1 Å². The third kappa shape index (κ3) is 45.5. The third-order valence-corrected chi connectivity index (χ3v) is 2.56. The van der Waals surface area contributed by atoms with E-state index >= 15 is 0 Å². The molecule has 0 unspecified atom stereocenters. The van der Waals surface area contributed by atoms with Crippen molar-refractivity contribution >= 4 is 10.4 Å². The molecule has 5 nitrogen and oxygen atoms in total. The van der Waals surface area contributed by atoms with E-state index < -0.39 is 10.4 Å². The van der Waals surface area contributed by atoms with Crippen LogP contribution in [0.5, 0.6) is 0 Å². The number of unbranched alkanes of at least 4 members (excludes halogenated alkanes) is 9. The van der Waals surface area contributed by atoms with Crippen LogP contribution in [0.15, 0.2) is 0 Å². The molecule has 0 heterocycles. The third-order valence-electron chi connectivity index (χ3n) is 2.56. The molecule has 7 heteroatoms. The van der Waals surface area contributed by atoms with E-state index in [0.29, 0.717) is 0 Å². The molecule has 0 saturated heterocycles. The van der Waals surface area contributed by atoms with Gasteiger partial charge in [0.25, 0.3) is 0 Å². The minimum atomic E-state index is -5.17. The molecule has 112 valence electrons. The first-order chi connectivity index (χ1) is 8.41. The summed E-state index contributed by atoms with van der Waals surface area (Å²) in [6.07, 6.45) is 13.9. The second kappa shape index (κ2) is 18.8. The molecule has 0 aliphatic carbocycles. The number of hydrogen-bond acceptors (Lipinski definition) is 5. The first kappa shape index (κ1) is 24.8. The summed E-state index contributed by atoms with van der Waals surface area (Å²) in [6, 6.07) is 0. The molecule has 0 aromatic carbocycles. The molecule has 0 fully saturated rings. The van der Waals surface area contributed by atoms with Crippen LogP contribution in [0, 0.1) is 0 Å². The quantitative estimate of drug-likeness (QED) is 0.254. The summed E-state index contributed by atoms with van der Waals surface area (Å²) in [5, 5.41) is 0. The van der Waals surface area contributed by atoms with Gasteiger partial charge in [0.15, 0.2) is 0 Å². The Hall–Kier alpha value is 0.830. The van der Waals surface area contributed by atoms with Crippen LogP contribution < -0.4 is 35.3 Å². The van der Waals surface area contributed by atoms with Crippen molar-refractivity contribution in [2.75, 3.05) is 6.54 Å². The average Bonchev–Trinajstić information content (AvgIpc) is 2.25. The Morgan fingerprint density at radius 3 is 1.32 bits per heavy atom. The zero-order valence-electron chi connectivity index (χ0n) is 12.4. The smallest absolute Gasteiger partial charge is 0.759 e. The summed E-state index contributed by atoms with van der Waals surface area (Å²) in [6.45, 7) is 3.14. The molecule has 0 radical (unpaired) electrons. The normalized spacial score (nSPS) is 10.3. The van der Waals surface area contributed by atoms with E-state index in [-0.39, 0.29) is 29.6 Å². The Morgan fingerprint density at radius 1 is 0.789 bits per heavy atom. The first-order valence-corrected chi connectivity index (χ1v) is 8.12. The second-order valence-electron chi connectivity index (χ2n) is 4.38. The van der Waals surface area contributed by atoms with E-state index in [4.69, 9.17) is 23.3 Å². The van der Waals surface area contributed by atoms with Crippen LogP contribution in [0.4, 0.5) is 0 Å². The van der Waals surface area contributed by atoms with Crippen molar-refractivity contribution < 1.29 is 47.1 Å². The van der Waals surface area contributed by atoms with Crippen LogP contribution in [-0.4, -0.2) is 24.1 Å². The second-order valence-corrected chi connectivity index (χ2v) is 5.20. The van der Waals surface area contributed by atoms with Crippen molar-refractivity contribution in [3.8, 4) is 0 Å². The Morgan fingerprint density at radius 2 is 1.05 bits per heavy atom. The maximum absolute atomic E-state index is 8.52. The Kier molecular flexibility index (Phi) is 24.6. The van der Waals surface area contributed by atoms with Gasteiger partial charge in [0.1, 0.15) is 0 Å². The molecule has 0 atom stereocenters.